The summed E-state index contributed by atoms with van der Waals surface area (Å²) in [5, 5.41) is 2.93. The number of amides is 1. The smallest absolute Gasteiger partial charge is 0.237 e. The van der Waals surface area contributed by atoms with Crippen LogP contribution < -0.4 is 14.8 Å². The number of hydrogen-bond donors (Lipinski definition) is 1. The molecule has 1 amide bonds. The van der Waals surface area contributed by atoms with Gasteiger partial charge in [-0.25, -0.2) is 0 Å². The van der Waals surface area contributed by atoms with E-state index in [-0.39, 0.29) is 5.91 Å². The number of hydrogen-bond acceptors (Lipinski definition) is 5. The third kappa shape index (κ3) is 3.42. The molecule has 0 saturated heterocycles. The van der Waals surface area contributed by atoms with Crippen LogP contribution in [-0.4, -0.2) is 32.1 Å². The average Bonchev–Trinajstić information content (AvgIpc) is 3.00. The summed E-state index contributed by atoms with van der Waals surface area (Å²) >= 11 is 1.69. The Morgan fingerprint density at radius 2 is 1.81 bits per heavy atom. The van der Waals surface area contributed by atoms with Gasteiger partial charge >= 0.3 is 0 Å². The molecule has 6 heteroatoms. The van der Waals surface area contributed by atoms with Gasteiger partial charge in [0.15, 0.2) is 11.5 Å². The van der Waals surface area contributed by atoms with Crippen LogP contribution in [0.3, 0.4) is 0 Å². The fraction of sp³-hybridized carbons (Fsp3) is 0.300. The van der Waals surface area contributed by atoms with E-state index in [1.165, 1.54) is 4.90 Å². The first-order valence-corrected chi connectivity index (χ1v) is 9.62. The fourth-order valence-electron chi connectivity index (χ4n) is 3.09. The number of carbonyl (C=O) groups excluding carboxylic acids is 1. The summed E-state index contributed by atoms with van der Waals surface area (Å²) in [5.74, 6) is 0.703. The van der Waals surface area contributed by atoms with Gasteiger partial charge in [-0.05, 0) is 48.6 Å². The molecule has 2 aromatic carbocycles. The minimum Gasteiger partial charge on any atom is -0.493 e. The second-order valence-electron chi connectivity index (χ2n) is 5.87. The van der Waals surface area contributed by atoms with Crippen LogP contribution in [0.2, 0.25) is 0 Å². The van der Waals surface area contributed by atoms with Crippen molar-refractivity contribution in [2.45, 2.75) is 24.2 Å². The molecule has 26 heavy (non-hydrogen) atoms. The summed E-state index contributed by atoms with van der Waals surface area (Å²) in [5.41, 5.74) is 3.29. The number of nitrogens with zero attached hydrogens (tertiary/aromatic N) is 1. The first-order chi connectivity index (χ1) is 12.6. The summed E-state index contributed by atoms with van der Waals surface area (Å²) in [4.78, 5) is 18.6. The summed E-state index contributed by atoms with van der Waals surface area (Å²) < 4.78 is 10.7. The lowest BCUT2D eigenvalue weighted by atomic mass is 9.93. The average molecular weight is 370 g/mol. The van der Waals surface area contributed by atoms with Gasteiger partial charge in [0.25, 0.3) is 0 Å². The van der Waals surface area contributed by atoms with Crippen LogP contribution in [0.25, 0.3) is 0 Å². The molecule has 0 spiro atoms. The topological polar surface area (TPSA) is 59.9 Å². The molecule has 1 heterocycles. The van der Waals surface area contributed by atoms with E-state index in [1.807, 2.05) is 43.5 Å². The van der Waals surface area contributed by atoms with E-state index < -0.39 is 5.92 Å². The van der Waals surface area contributed by atoms with Crippen LogP contribution >= 0.6 is 11.8 Å². The molecule has 1 aliphatic heterocycles. The number of fused-ring (bicyclic) bond motifs is 1. The Bertz CT molecular complexity index is 847. The Labute approximate surface area is 157 Å². The predicted molar refractivity (Wildman–Crippen MR) is 107 cm³/mol. The highest BCUT2D eigenvalue weighted by Crippen LogP contribution is 2.42. The lowest BCUT2D eigenvalue weighted by molar-refractivity contribution is -0.115. The van der Waals surface area contributed by atoms with Crippen molar-refractivity contribution >= 4 is 34.8 Å². The molecule has 3 rings (SSSR count). The normalized spacial score (nSPS) is 16.2. The Morgan fingerprint density at radius 3 is 2.38 bits per heavy atom. The number of carbonyl (C=O) groups is 1. The first kappa shape index (κ1) is 18.3. The zero-order valence-electron chi connectivity index (χ0n) is 15.3. The van der Waals surface area contributed by atoms with E-state index in [2.05, 4.69) is 5.32 Å². The maximum absolute atomic E-state index is 12.6. The second kappa shape index (κ2) is 7.83. The zero-order valence-corrected chi connectivity index (χ0v) is 16.1. The van der Waals surface area contributed by atoms with Crippen molar-refractivity contribution in [2.24, 2.45) is 4.99 Å². The first-order valence-electron chi connectivity index (χ1n) is 8.39. The summed E-state index contributed by atoms with van der Waals surface area (Å²) in [6, 6.07) is 11.7. The van der Waals surface area contributed by atoms with Gasteiger partial charge in [0.2, 0.25) is 5.91 Å². The number of ether oxygens (including phenoxy) is 2. The molecule has 0 radical (unpaired) electrons. The van der Waals surface area contributed by atoms with Gasteiger partial charge in [0.1, 0.15) is 5.92 Å². The molecule has 0 aliphatic carbocycles. The van der Waals surface area contributed by atoms with E-state index in [0.717, 1.165) is 22.6 Å². The molecule has 1 N–H and O–H groups in total. The van der Waals surface area contributed by atoms with Crippen molar-refractivity contribution in [1.82, 2.24) is 0 Å². The molecule has 5 nitrogen and oxygen atoms in total. The van der Waals surface area contributed by atoms with Gasteiger partial charge < -0.3 is 14.8 Å². The van der Waals surface area contributed by atoms with Crippen molar-refractivity contribution in [3.63, 3.8) is 0 Å². The third-order valence-electron chi connectivity index (χ3n) is 4.43. The molecular formula is C20H22N2O3S. The quantitative estimate of drug-likeness (QED) is 0.594. The summed E-state index contributed by atoms with van der Waals surface area (Å²) in [6.07, 6.45) is 2.72. The maximum atomic E-state index is 12.6. The number of methoxy groups -OCH3 is 2. The van der Waals surface area contributed by atoms with Gasteiger partial charge in [-0.2, -0.15) is 0 Å². The van der Waals surface area contributed by atoms with E-state index in [9.17, 15) is 4.79 Å². The number of nitrogens with one attached hydrogen (secondary N) is 1. The Morgan fingerprint density at radius 1 is 1.15 bits per heavy atom. The minimum absolute atomic E-state index is 0.0726. The fourth-order valence-corrected chi connectivity index (χ4v) is 3.50. The second-order valence-corrected chi connectivity index (χ2v) is 6.75. The van der Waals surface area contributed by atoms with Crippen LogP contribution in [0.5, 0.6) is 11.5 Å². The highest BCUT2D eigenvalue weighted by molar-refractivity contribution is 7.98. The van der Waals surface area contributed by atoms with Crippen molar-refractivity contribution in [3.8, 4) is 11.5 Å². The van der Waals surface area contributed by atoms with Crippen LogP contribution in [0.1, 0.15) is 24.8 Å². The van der Waals surface area contributed by atoms with Gasteiger partial charge in [-0.3, -0.25) is 9.79 Å². The van der Waals surface area contributed by atoms with E-state index in [4.69, 9.17) is 14.5 Å². The molecule has 2 aromatic rings. The lowest BCUT2D eigenvalue weighted by Crippen LogP contribution is -2.20. The van der Waals surface area contributed by atoms with Gasteiger partial charge in [0, 0.05) is 22.4 Å². The molecule has 136 valence electrons. The SMILES string of the molecule is CCC(=Nc1ccc(SC)cc1)C1C(=O)Nc2cc(OC)c(OC)cc21. The van der Waals surface area contributed by atoms with Gasteiger partial charge in [-0.1, -0.05) is 6.92 Å². The van der Waals surface area contributed by atoms with E-state index >= 15 is 0 Å². The molecule has 1 unspecified atom stereocenters. The highest BCUT2D eigenvalue weighted by Gasteiger charge is 2.35. The molecule has 1 atom stereocenters. The van der Waals surface area contributed by atoms with E-state index in [1.54, 1.807) is 32.0 Å². The van der Waals surface area contributed by atoms with Gasteiger partial charge in [-0.15, -0.1) is 11.8 Å². The molecule has 0 bridgehead atoms. The number of aliphatic imine (C=N–C) groups is 1. The van der Waals surface area contributed by atoms with Crippen LogP contribution in [0.4, 0.5) is 11.4 Å². The van der Waals surface area contributed by atoms with Crippen molar-refractivity contribution in [2.75, 3.05) is 25.8 Å². The minimum atomic E-state index is -0.421. The predicted octanol–water partition coefficient (Wildman–Crippen LogP) is 4.64. The van der Waals surface area contributed by atoms with Crippen LogP contribution in [0.15, 0.2) is 46.3 Å². The highest BCUT2D eigenvalue weighted by atomic mass is 32.2. The van der Waals surface area contributed by atoms with Crippen LogP contribution in [0, 0.1) is 0 Å². The Balaban J connectivity index is 2.02. The maximum Gasteiger partial charge on any atom is 0.237 e. The number of benzene rings is 2. The molecule has 0 saturated carbocycles. The molecule has 0 aromatic heterocycles. The van der Waals surface area contributed by atoms with E-state index in [0.29, 0.717) is 17.9 Å². The largest absolute Gasteiger partial charge is 0.493 e. The Hall–Kier alpha value is -2.47. The number of anilines is 1. The third-order valence-corrected chi connectivity index (χ3v) is 5.17. The van der Waals surface area contributed by atoms with Crippen molar-refractivity contribution in [3.05, 3.63) is 42.0 Å². The zero-order chi connectivity index (χ0) is 18.7. The lowest BCUT2D eigenvalue weighted by Gasteiger charge is -2.14. The van der Waals surface area contributed by atoms with Crippen molar-refractivity contribution < 1.29 is 14.3 Å². The van der Waals surface area contributed by atoms with Crippen molar-refractivity contribution in [1.29, 1.82) is 0 Å². The standard InChI is InChI=1S/C20H22N2O3S/c1-5-15(21-12-6-8-13(26-4)9-7-12)19-14-10-17(24-2)18(25-3)11-16(14)22-20(19)23/h6-11,19H,5H2,1-4H3,(H,22,23). The number of thioether (sulfide) groups is 1. The molecule has 1 aliphatic rings. The molecule has 0 fully saturated rings. The van der Waals surface area contributed by atoms with Gasteiger partial charge in [0.05, 0.1) is 19.9 Å². The number of rotatable bonds is 6. The monoisotopic (exact) mass is 370 g/mol. The molecular weight excluding hydrogens is 348 g/mol. The summed E-state index contributed by atoms with van der Waals surface area (Å²) in [7, 11) is 3.17. The Kier molecular flexibility index (Phi) is 5.52. The van der Waals surface area contributed by atoms with Crippen LogP contribution in [-0.2, 0) is 4.79 Å². The summed E-state index contributed by atoms with van der Waals surface area (Å²) in [6.45, 7) is 2.02.